The zero-order chi connectivity index (χ0) is 12.5. The molecule has 1 aliphatic rings. The van der Waals surface area contributed by atoms with Gasteiger partial charge in [-0.25, -0.2) is 0 Å². The minimum atomic E-state index is 0.749. The van der Waals surface area contributed by atoms with Crippen LogP contribution in [0.1, 0.15) is 21.7 Å². The Morgan fingerprint density at radius 2 is 2.22 bits per heavy atom. The van der Waals surface area contributed by atoms with Crippen molar-refractivity contribution in [1.29, 1.82) is 0 Å². The van der Waals surface area contributed by atoms with Crippen molar-refractivity contribution in [1.82, 2.24) is 14.8 Å². The first-order valence-corrected chi connectivity index (χ1v) is 5.95. The molecule has 0 bridgehead atoms. The summed E-state index contributed by atoms with van der Waals surface area (Å²) >= 11 is 0. The molecule has 92 valence electrons. The van der Waals surface area contributed by atoms with Gasteiger partial charge in [0.05, 0.1) is 6.54 Å². The molecule has 3 rings (SSSR count). The molecule has 2 aromatic rings. The fourth-order valence-corrected chi connectivity index (χ4v) is 2.28. The first-order valence-electron chi connectivity index (χ1n) is 5.95. The van der Waals surface area contributed by atoms with E-state index in [0.717, 1.165) is 48.6 Å². The zero-order valence-corrected chi connectivity index (χ0v) is 10.2. The minimum absolute atomic E-state index is 0.749. The van der Waals surface area contributed by atoms with Gasteiger partial charge in [-0.1, -0.05) is 0 Å². The molecule has 1 aliphatic heterocycles. The molecular weight excluding hydrogens is 228 g/mol. The molecule has 0 aliphatic carbocycles. The van der Waals surface area contributed by atoms with E-state index in [2.05, 4.69) is 25.7 Å². The molecule has 2 heterocycles. The highest BCUT2D eigenvalue weighted by Gasteiger charge is 2.17. The Labute approximate surface area is 105 Å². The van der Waals surface area contributed by atoms with Crippen LogP contribution in [0.5, 0.6) is 0 Å². The highest BCUT2D eigenvalue weighted by atomic mass is 16.1. The third-order valence-corrected chi connectivity index (χ3v) is 3.38. The Morgan fingerprint density at radius 1 is 1.33 bits per heavy atom. The number of nitrogens with zero attached hydrogens (tertiary/aromatic N) is 4. The summed E-state index contributed by atoms with van der Waals surface area (Å²) in [6.45, 7) is 4.56. The smallest absolute Gasteiger partial charge is 0.152 e. The van der Waals surface area contributed by atoms with Crippen molar-refractivity contribution in [2.45, 2.75) is 20.0 Å². The number of rotatable bonds is 2. The van der Waals surface area contributed by atoms with Gasteiger partial charge in [0, 0.05) is 24.3 Å². The SMILES string of the molecule is Cc1cc(N2CCn3cnnc3C2)ccc1C=O. The second-order valence-corrected chi connectivity index (χ2v) is 4.52. The van der Waals surface area contributed by atoms with Gasteiger partial charge in [-0.15, -0.1) is 10.2 Å². The highest BCUT2D eigenvalue weighted by Crippen LogP contribution is 2.22. The number of carbonyl (C=O) groups excluding carboxylic acids is 1. The van der Waals surface area contributed by atoms with E-state index in [-0.39, 0.29) is 0 Å². The predicted octanol–water partition coefficient (Wildman–Crippen LogP) is 1.42. The molecule has 5 heteroatoms. The van der Waals surface area contributed by atoms with Crippen molar-refractivity contribution in [2.75, 3.05) is 11.4 Å². The van der Waals surface area contributed by atoms with Crippen LogP contribution in [0.3, 0.4) is 0 Å². The molecule has 0 saturated heterocycles. The quantitative estimate of drug-likeness (QED) is 0.747. The van der Waals surface area contributed by atoms with Gasteiger partial charge < -0.3 is 9.47 Å². The number of fused-ring (bicyclic) bond motifs is 1. The van der Waals surface area contributed by atoms with E-state index in [0.29, 0.717) is 0 Å². The van der Waals surface area contributed by atoms with Crippen LogP contribution >= 0.6 is 0 Å². The van der Waals surface area contributed by atoms with Crippen LogP contribution in [0.25, 0.3) is 0 Å². The molecule has 0 unspecified atom stereocenters. The van der Waals surface area contributed by atoms with Gasteiger partial charge in [-0.3, -0.25) is 4.79 Å². The van der Waals surface area contributed by atoms with Gasteiger partial charge in [-0.05, 0) is 30.7 Å². The number of benzene rings is 1. The predicted molar refractivity (Wildman–Crippen MR) is 67.6 cm³/mol. The molecule has 5 nitrogen and oxygen atoms in total. The maximum Gasteiger partial charge on any atom is 0.152 e. The third-order valence-electron chi connectivity index (χ3n) is 3.38. The summed E-state index contributed by atoms with van der Waals surface area (Å²) in [6, 6.07) is 5.91. The van der Waals surface area contributed by atoms with E-state index >= 15 is 0 Å². The maximum atomic E-state index is 10.8. The Kier molecular flexibility index (Phi) is 2.59. The number of aromatic nitrogens is 3. The molecule has 18 heavy (non-hydrogen) atoms. The lowest BCUT2D eigenvalue weighted by atomic mass is 10.1. The molecule has 0 atom stereocenters. The van der Waals surface area contributed by atoms with Gasteiger partial charge in [-0.2, -0.15) is 0 Å². The van der Waals surface area contributed by atoms with Crippen molar-refractivity contribution in [3.05, 3.63) is 41.5 Å². The molecular formula is C13H14N4O. The van der Waals surface area contributed by atoms with Crippen LogP contribution in [0.4, 0.5) is 5.69 Å². The summed E-state index contributed by atoms with van der Waals surface area (Å²) in [6.07, 6.45) is 2.67. The first kappa shape index (κ1) is 11.0. The van der Waals surface area contributed by atoms with Crippen molar-refractivity contribution in [3.8, 4) is 0 Å². The van der Waals surface area contributed by atoms with Crippen molar-refractivity contribution in [2.24, 2.45) is 0 Å². The third kappa shape index (κ3) is 1.77. The van der Waals surface area contributed by atoms with Crippen molar-refractivity contribution in [3.63, 3.8) is 0 Å². The number of aryl methyl sites for hydroxylation is 1. The van der Waals surface area contributed by atoms with E-state index in [1.807, 2.05) is 19.1 Å². The molecule has 0 N–H and O–H groups in total. The van der Waals surface area contributed by atoms with Crippen molar-refractivity contribution < 1.29 is 4.79 Å². The van der Waals surface area contributed by atoms with Gasteiger partial charge in [0.2, 0.25) is 0 Å². The topological polar surface area (TPSA) is 51.0 Å². The monoisotopic (exact) mass is 242 g/mol. The standard InChI is InChI=1S/C13H14N4O/c1-10-6-12(3-2-11(10)8-18)16-4-5-17-9-14-15-13(17)7-16/h2-3,6,8-9H,4-5,7H2,1H3. The molecule has 0 amide bonds. The number of hydrogen-bond acceptors (Lipinski definition) is 4. The number of hydrogen-bond donors (Lipinski definition) is 0. The summed E-state index contributed by atoms with van der Waals surface area (Å²) in [5.74, 6) is 0.985. The summed E-state index contributed by atoms with van der Waals surface area (Å²) in [4.78, 5) is 13.1. The number of anilines is 1. The van der Waals surface area contributed by atoms with E-state index in [4.69, 9.17) is 0 Å². The van der Waals surface area contributed by atoms with Crippen LogP contribution in [0.2, 0.25) is 0 Å². The summed E-state index contributed by atoms with van der Waals surface area (Å²) in [5.41, 5.74) is 2.89. The normalized spacial score (nSPS) is 14.4. The lowest BCUT2D eigenvalue weighted by molar-refractivity contribution is 0.112. The Morgan fingerprint density at radius 3 is 3.00 bits per heavy atom. The fraction of sp³-hybridized carbons (Fsp3) is 0.308. The lowest BCUT2D eigenvalue weighted by Crippen LogP contribution is -2.33. The molecule has 1 aromatic heterocycles. The largest absolute Gasteiger partial charge is 0.362 e. The van der Waals surface area contributed by atoms with Crippen LogP contribution in [0, 0.1) is 6.92 Å². The second kappa shape index (κ2) is 4.25. The Bertz CT molecular complexity index is 590. The van der Waals surface area contributed by atoms with E-state index in [1.54, 1.807) is 6.33 Å². The number of aldehydes is 1. The van der Waals surface area contributed by atoms with E-state index < -0.39 is 0 Å². The Balaban J connectivity index is 1.88. The molecule has 0 radical (unpaired) electrons. The van der Waals surface area contributed by atoms with Crippen LogP contribution in [-0.2, 0) is 13.1 Å². The second-order valence-electron chi connectivity index (χ2n) is 4.52. The lowest BCUT2D eigenvalue weighted by Gasteiger charge is -2.29. The Hall–Kier alpha value is -2.17. The van der Waals surface area contributed by atoms with E-state index in [1.165, 1.54) is 0 Å². The van der Waals surface area contributed by atoms with Gasteiger partial charge in [0.25, 0.3) is 0 Å². The van der Waals surface area contributed by atoms with Gasteiger partial charge in [0.1, 0.15) is 12.6 Å². The molecule has 0 saturated carbocycles. The zero-order valence-electron chi connectivity index (χ0n) is 10.2. The summed E-state index contributed by atoms with van der Waals surface area (Å²) < 4.78 is 2.07. The maximum absolute atomic E-state index is 10.8. The average Bonchev–Trinajstić information content (AvgIpc) is 2.85. The molecule has 0 fully saturated rings. The van der Waals surface area contributed by atoms with Crippen LogP contribution < -0.4 is 4.90 Å². The summed E-state index contributed by atoms with van der Waals surface area (Å²) in [7, 11) is 0. The average molecular weight is 242 g/mol. The van der Waals surface area contributed by atoms with Crippen molar-refractivity contribution >= 4 is 12.0 Å². The molecule has 1 aromatic carbocycles. The van der Waals surface area contributed by atoms with Gasteiger partial charge >= 0.3 is 0 Å². The molecule has 0 spiro atoms. The van der Waals surface area contributed by atoms with Crippen LogP contribution in [-0.4, -0.2) is 27.6 Å². The van der Waals surface area contributed by atoms with Gasteiger partial charge in [0.15, 0.2) is 5.82 Å². The minimum Gasteiger partial charge on any atom is -0.362 e. The highest BCUT2D eigenvalue weighted by molar-refractivity contribution is 5.78. The van der Waals surface area contributed by atoms with Crippen LogP contribution in [0.15, 0.2) is 24.5 Å². The first-order chi connectivity index (χ1) is 8.78. The fourth-order valence-electron chi connectivity index (χ4n) is 2.28. The summed E-state index contributed by atoms with van der Waals surface area (Å²) in [5, 5.41) is 8.02. The number of carbonyl (C=O) groups is 1. The van der Waals surface area contributed by atoms with E-state index in [9.17, 15) is 4.79 Å².